The number of nitrogens with zero attached hydrogens (tertiary/aromatic N) is 3. The summed E-state index contributed by atoms with van der Waals surface area (Å²) < 4.78 is 5.19. The third kappa shape index (κ3) is 4.38. The number of hydrogen-bond donors (Lipinski definition) is 1. The molecule has 1 atom stereocenters. The fourth-order valence-electron chi connectivity index (χ4n) is 2.92. The van der Waals surface area contributed by atoms with Gasteiger partial charge in [0.2, 0.25) is 5.89 Å². The van der Waals surface area contributed by atoms with E-state index in [9.17, 15) is 0 Å². The molecule has 0 aliphatic carbocycles. The lowest BCUT2D eigenvalue weighted by atomic mass is 10.1. The number of likely N-dealkylation sites (tertiary alicyclic amines) is 1. The lowest BCUT2D eigenvalue weighted by molar-refractivity contribution is 0.178. The molecule has 1 aliphatic heterocycles. The summed E-state index contributed by atoms with van der Waals surface area (Å²) in [7, 11) is 0. The van der Waals surface area contributed by atoms with E-state index in [2.05, 4.69) is 37.9 Å². The quantitative estimate of drug-likeness (QED) is 0.849. The average molecular weight is 320 g/mol. The molecule has 120 valence electrons. The van der Waals surface area contributed by atoms with Gasteiger partial charge in [0, 0.05) is 30.4 Å². The van der Waals surface area contributed by atoms with Crippen molar-refractivity contribution in [1.82, 2.24) is 20.4 Å². The number of aryl methyl sites for hydroxylation is 1. The maximum Gasteiger partial charge on any atom is 0.226 e. The molecule has 22 heavy (non-hydrogen) atoms. The maximum absolute atomic E-state index is 5.19. The Labute approximate surface area is 135 Å². The van der Waals surface area contributed by atoms with Crippen LogP contribution in [0.15, 0.2) is 22.0 Å². The molecule has 5 nitrogen and oxygen atoms in total. The van der Waals surface area contributed by atoms with Crippen molar-refractivity contribution in [2.75, 3.05) is 19.6 Å². The lowest BCUT2D eigenvalue weighted by Gasteiger charge is -2.32. The predicted octanol–water partition coefficient (Wildman–Crippen LogP) is 2.49. The van der Waals surface area contributed by atoms with Crippen molar-refractivity contribution in [3.05, 3.63) is 34.1 Å². The summed E-state index contributed by atoms with van der Waals surface area (Å²) >= 11 is 1.84. The van der Waals surface area contributed by atoms with Crippen LogP contribution < -0.4 is 5.32 Å². The minimum absolute atomic E-state index is 0.575. The van der Waals surface area contributed by atoms with Crippen LogP contribution in [-0.4, -0.2) is 40.7 Å². The van der Waals surface area contributed by atoms with Gasteiger partial charge in [-0.25, -0.2) is 0 Å². The highest BCUT2D eigenvalue weighted by Crippen LogP contribution is 2.13. The Morgan fingerprint density at radius 2 is 2.45 bits per heavy atom. The SMILES string of the molecule is CCc1nc(CN2CCC[C@@H](NCCc3cccs3)C2)no1. The third-order valence-electron chi connectivity index (χ3n) is 4.07. The van der Waals surface area contributed by atoms with E-state index >= 15 is 0 Å². The molecule has 2 aromatic rings. The second-order valence-electron chi connectivity index (χ2n) is 5.82. The van der Waals surface area contributed by atoms with E-state index in [4.69, 9.17) is 4.52 Å². The number of rotatable bonds is 7. The zero-order valence-electron chi connectivity index (χ0n) is 13.1. The highest BCUT2D eigenvalue weighted by Gasteiger charge is 2.20. The number of hydrogen-bond acceptors (Lipinski definition) is 6. The molecule has 1 fully saturated rings. The van der Waals surface area contributed by atoms with E-state index < -0.39 is 0 Å². The fraction of sp³-hybridized carbons (Fsp3) is 0.625. The third-order valence-corrected chi connectivity index (χ3v) is 5.00. The van der Waals surface area contributed by atoms with E-state index in [1.165, 1.54) is 17.7 Å². The van der Waals surface area contributed by atoms with Crippen molar-refractivity contribution < 1.29 is 4.52 Å². The van der Waals surface area contributed by atoms with Gasteiger partial charge in [0.15, 0.2) is 5.82 Å². The summed E-state index contributed by atoms with van der Waals surface area (Å²) in [6.45, 7) is 6.08. The molecule has 1 aliphatic rings. The number of nitrogens with one attached hydrogen (secondary N) is 1. The van der Waals surface area contributed by atoms with Gasteiger partial charge in [-0.15, -0.1) is 11.3 Å². The van der Waals surface area contributed by atoms with E-state index in [-0.39, 0.29) is 0 Å². The molecule has 3 heterocycles. The molecule has 0 amide bonds. The van der Waals surface area contributed by atoms with Crippen molar-refractivity contribution in [1.29, 1.82) is 0 Å². The molecule has 0 unspecified atom stereocenters. The highest BCUT2D eigenvalue weighted by atomic mass is 32.1. The van der Waals surface area contributed by atoms with Gasteiger partial charge in [-0.2, -0.15) is 4.98 Å². The van der Waals surface area contributed by atoms with E-state index in [0.29, 0.717) is 6.04 Å². The number of aromatic nitrogens is 2. The summed E-state index contributed by atoms with van der Waals surface area (Å²) in [5.74, 6) is 1.55. The molecule has 1 saturated heterocycles. The lowest BCUT2D eigenvalue weighted by Crippen LogP contribution is -2.45. The van der Waals surface area contributed by atoms with Gasteiger partial charge in [0.05, 0.1) is 6.54 Å². The second-order valence-corrected chi connectivity index (χ2v) is 6.85. The van der Waals surface area contributed by atoms with E-state index in [1.54, 1.807) is 0 Å². The van der Waals surface area contributed by atoms with Crippen LogP contribution in [-0.2, 0) is 19.4 Å². The van der Waals surface area contributed by atoms with Gasteiger partial charge >= 0.3 is 0 Å². The Kier molecular flexibility index (Phi) is 5.58. The molecule has 0 aromatic carbocycles. The van der Waals surface area contributed by atoms with Gasteiger partial charge in [-0.1, -0.05) is 18.1 Å². The molecule has 3 rings (SSSR count). The Bertz CT molecular complexity index is 554. The Balaban J connectivity index is 1.42. The Morgan fingerprint density at radius 3 is 3.23 bits per heavy atom. The summed E-state index contributed by atoms with van der Waals surface area (Å²) in [6.07, 6.45) is 4.42. The second kappa shape index (κ2) is 7.85. The minimum atomic E-state index is 0.575. The monoisotopic (exact) mass is 320 g/mol. The van der Waals surface area contributed by atoms with Crippen LogP contribution in [0, 0.1) is 0 Å². The first-order valence-electron chi connectivity index (χ1n) is 8.13. The summed E-state index contributed by atoms with van der Waals surface area (Å²) in [4.78, 5) is 8.29. The molecule has 1 N–H and O–H groups in total. The smallest absolute Gasteiger partial charge is 0.226 e. The standard InChI is InChI=1S/C16H24N4OS/c1-2-16-18-15(19-21-16)12-20-9-3-5-13(11-20)17-8-7-14-6-4-10-22-14/h4,6,10,13,17H,2-3,5,7-9,11-12H2,1H3/t13-/m1/s1. The van der Waals surface area contributed by atoms with Crippen LogP contribution in [0.25, 0.3) is 0 Å². The zero-order chi connectivity index (χ0) is 15.2. The maximum atomic E-state index is 5.19. The first-order valence-corrected chi connectivity index (χ1v) is 9.01. The molecule has 2 aromatic heterocycles. The molecular weight excluding hydrogens is 296 g/mol. The van der Waals surface area contributed by atoms with Crippen LogP contribution >= 0.6 is 11.3 Å². The molecular formula is C16H24N4OS. The van der Waals surface area contributed by atoms with Gasteiger partial charge in [0.25, 0.3) is 0 Å². The van der Waals surface area contributed by atoms with Gasteiger partial charge in [-0.05, 0) is 37.3 Å². The van der Waals surface area contributed by atoms with Crippen molar-refractivity contribution in [3.8, 4) is 0 Å². The normalized spacial score (nSPS) is 19.6. The molecule has 6 heteroatoms. The van der Waals surface area contributed by atoms with Gasteiger partial charge in [-0.3, -0.25) is 4.90 Å². The van der Waals surface area contributed by atoms with Crippen LogP contribution in [0.5, 0.6) is 0 Å². The number of thiophene rings is 1. The molecule has 0 saturated carbocycles. The van der Waals surface area contributed by atoms with Crippen molar-refractivity contribution in [2.45, 2.75) is 45.2 Å². The first-order chi connectivity index (χ1) is 10.8. The molecule has 0 radical (unpaired) electrons. The van der Waals surface area contributed by atoms with Crippen LogP contribution in [0.2, 0.25) is 0 Å². The van der Waals surface area contributed by atoms with E-state index in [1.807, 2.05) is 18.3 Å². The average Bonchev–Trinajstić information content (AvgIpc) is 3.19. The van der Waals surface area contributed by atoms with Crippen molar-refractivity contribution >= 4 is 11.3 Å². The minimum Gasteiger partial charge on any atom is -0.339 e. The predicted molar refractivity (Wildman–Crippen MR) is 88.0 cm³/mol. The zero-order valence-corrected chi connectivity index (χ0v) is 13.9. The van der Waals surface area contributed by atoms with Gasteiger partial charge in [0.1, 0.15) is 0 Å². The van der Waals surface area contributed by atoms with Crippen LogP contribution in [0.1, 0.15) is 36.4 Å². The molecule has 0 bridgehead atoms. The molecule has 0 spiro atoms. The summed E-state index contributed by atoms with van der Waals surface area (Å²) in [5.41, 5.74) is 0. The largest absolute Gasteiger partial charge is 0.339 e. The highest BCUT2D eigenvalue weighted by molar-refractivity contribution is 7.09. The van der Waals surface area contributed by atoms with Crippen molar-refractivity contribution in [3.63, 3.8) is 0 Å². The summed E-state index contributed by atoms with van der Waals surface area (Å²) in [5, 5.41) is 9.89. The van der Waals surface area contributed by atoms with Crippen LogP contribution in [0.3, 0.4) is 0 Å². The first kappa shape index (κ1) is 15.6. The van der Waals surface area contributed by atoms with Crippen molar-refractivity contribution in [2.24, 2.45) is 0 Å². The Hall–Kier alpha value is -1.24. The number of piperidine rings is 1. The van der Waals surface area contributed by atoms with E-state index in [0.717, 1.165) is 50.7 Å². The van der Waals surface area contributed by atoms with Gasteiger partial charge < -0.3 is 9.84 Å². The fourth-order valence-corrected chi connectivity index (χ4v) is 3.63. The topological polar surface area (TPSA) is 54.2 Å². The summed E-state index contributed by atoms with van der Waals surface area (Å²) in [6, 6.07) is 4.91. The van der Waals surface area contributed by atoms with Crippen LogP contribution in [0.4, 0.5) is 0 Å². The Morgan fingerprint density at radius 1 is 1.50 bits per heavy atom.